The lowest BCUT2D eigenvalue weighted by Gasteiger charge is -2.03. The van der Waals surface area contributed by atoms with Crippen LogP contribution < -0.4 is 4.74 Å². The molecule has 0 saturated carbocycles. The third kappa shape index (κ3) is 3.30. The van der Waals surface area contributed by atoms with Crippen molar-refractivity contribution in [2.75, 3.05) is 0 Å². The molecule has 0 unspecified atom stereocenters. The first kappa shape index (κ1) is 13.5. The Morgan fingerprint density at radius 2 is 2.05 bits per heavy atom. The number of hydrogen-bond acceptors (Lipinski definition) is 5. The maximum absolute atomic E-state index is 10.7. The minimum Gasteiger partial charge on any atom is -0.477 e. The molecule has 1 aromatic carbocycles. The van der Waals surface area contributed by atoms with Crippen LogP contribution in [0.2, 0.25) is 0 Å². The van der Waals surface area contributed by atoms with Crippen molar-refractivity contribution in [1.82, 2.24) is 0 Å². The quantitative estimate of drug-likeness (QED) is 0.671. The number of ether oxygens (including phenoxy) is 1. The Morgan fingerprint density at radius 3 is 2.63 bits per heavy atom. The highest BCUT2D eigenvalue weighted by atomic mass is 79.9. The van der Waals surface area contributed by atoms with Crippen molar-refractivity contribution in [3.8, 4) is 11.5 Å². The smallest absolute Gasteiger partial charge is 0.346 e. The first-order valence-electron chi connectivity index (χ1n) is 4.90. The summed E-state index contributed by atoms with van der Waals surface area (Å²) in [6, 6.07) is 5.54. The lowest BCUT2D eigenvalue weighted by Crippen LogP contribution is -1.91. The van der Waals surface area contributed by atoms with E-state index < -0.39 is 10.9 Å². The van der Waals surface area contributed by atoms with Crippen LogP contribution in [0, 0.1) is 10.1 Å². The monoisotopic (exact) mass is 343 g/mol. The average Bonchev–Trinajstić information content (AvgIpc) is 2.76. The van der Waals surface area contributed by atoms with Gasteiger partial charge in [-0.2, -0.15) is 0 Å². The highest BCUT2D eigenvalue weighted by molar-refractivity contribution is 9.10. The molecule has 0 aliphatic heterocycles. The van der Waals surface area contributed by atoms with Crippen LogP contribution in [0.5, 0.6) is 11.5 Å². The number of carbonyl (C=O) groups is 1. The molecule has 0 aliphatic rings. The van der Waals surface area contributed by atoms with Crippen molar-refractivity contribution >= 4 is 38.9 Å². The van der Waals surface area contributed by atoms with Gasteiger partial charge in [0.1, 0.15) is 16.4 Å². The number of aromatic carboxylic acids is 1. The first-order chi connectivity index (χ1) is 8.95. The van der Waals surface area contributed by atoms with Crippen LogP contribution in [0.4, 0.5) is 5.69 Å². The van der Waals surface area contributed by atoms with Gasteiger partial charge in [0.15, 0.2) is 0 Å². The zero-order valence-corrected chi connectivity index (χ0v) is 11.6. The Balaban J connectivity index is 2.27. The summed E-state index contributed by atoms with van der Waals surface area (Å²) in [5.74, 6) is -0.453. The van der Waals surface area contributed by atoms with Gasteiger partial charge in [-0.3, -0.25) is 10.1 Å². The van der Waals surface area contributed by atoms with Gasteiger partial charge >= 0.3 is 5.97 Å². The number of hydrogen-bond donors (Lipinski definition) is 1. The molecule has 19 heavy (non-hydrogen) atoms. The summed E-state index contributed by atoms with van der Waals surface area (Å²) in [6.45, 7) is 0. The Bertz CT molecular complexity index is 654. The van der Waals surface area contributed by atoms with Crippen LogP contribution in [-0.2, 0) is 0 Å². The second-order valence-corrected chi connectivity index (χ2v) is 5.28. The van der Waals surface area contributed by atoms with Crippen molar-refractivity contribution in [1.29, 1.82) is 0 Å². The molecule has 6 nitrogen and oxygen atoms in total. The van der Waals surface area contributed by atoms with Gasteiger partial charge in [0.05, 0.1) is 11.0 Å². The van der Waals surface area contributed by atoms with E-state index in [9.17, 15) is 14.9 Å². The number of carboxylic acid groups (broad SMARTS) is 1. The molecule has 0 saturated heterocycles. The van der Waals surface area contributed by atoms with Gasteiger partial charge in [0.25, 0.3) is 5.69 Å². The van der Waals surface area contributed by atoms with Crippen molar-refractivity contribution < 1.29 is 19.6 Å². The highest BCUT2D eigenvalue weighted by Crippen LogP contribution is 2.31. The zero-order valence-electron chi connectivity index (χ0n) is 9.20. The summed E-state index contributed by atoms with van der Waals surface area (Å²) in [5.41, 5.74) is -0.113. The summed E-state index contributed by atoms with van der Waals surface area (Å²) in [7, 11) is 0. The maximum Gasteiger partial charge on any atom is 0.346 e. The van der Waals surface area contributed by atoms with Gasteiger partial charge in [-0.15, -0.1) is 11.3 Å². The normalized spacial score (nSPS) is 10.2. The fourth-order valence-corrected chi connectivity index (χ4v) is 2.44. The van der Waals surface area contributed by atoms with Gasteiger partial charge < -0.3 is 9.84 Å². The van der Waals surface area contributed by atoms with Crippen LogP contribution in [0.25, 0.3) is 0 Å². The minimum absolute atomic E-state index is 0.113. The third-order valence-electron chi connectivity index (χ3n) is 2.09. The number of nitrogens with zero attached hydrogens (tertiary/aromatic N) is 1. The van der Waals surface area contributed by atoms with E-state index >= 15 is 0 Å². The molecule has 1 heterocycles. The molecule has 0 amide bonds. The van der Waals surface area contributed by atoms with Crippen molar-refractivity contribution in [3.63, 3.8) is 0 Å². The number of benzene rings is 1. The average molecular weight is 344 g/mol. The Morgan fingerprint density at radius 1 is 1.32 bits per heavy atom. The van der Waals surface area contributed by atoms with Gasteiger partial charge in [0.2, 0.25) is 0 Å². The first-order valence-corrected chi connectivity index (χ1v) is 6.57. The second kappa shape index (κ2) is 5.37. The number of thiophene rings is 1. The van der Waals surface area contributed by atoms with Gasteiger partial charge in [-0.25, -0.2) is 4.79 Å². The van der Waals surface area contributed by atoms with Crippen molar-refractivity contribution in [2.24, 2.45) is 0 Å². The van der Waals surface area contributed by atoms with E-state index in [0.717, 1.165) is 11.3 Å². The number of non-ortho nitro benzene ring substituents is 1. The molecule has 0 fully saturated rings. The number of rotatable bonds is 4. The fourth-order valence-electron chi connectivity index (χ4n) is 1.33. The van der Waals surface area contributed by atoms with E-state index in [2.05, 4.69) is 15.9 Å². The van der Waals surface area contributed by atoms with Gasteiger partial charge in [0, 0.05) is 22.0 Å². The summed E-state index contributed by atoms with van der Waals surface area (Å²) in [4.78, 5) is 21.0. The van der Waals surface area contributed by atoms with E-state index in [-0.39, 0.29) is 16.3 Å². The molecule has 0 bridgehead atoms. The van der Waals surface area contributed by atoms with Crippen LogP contribution in [-0.4, -0.2) is 16.0 Å². The Hall–Kier alpha value is -1.93. The molecule has 0 radical (unpaired) electrons. The van der Waals surface area contributed by atoms with Crippen LogP contribution in [0.15, 0.2) is 34.1 Å². The van der Waals surface area contributed by atoms with E-state index in [1.54, 1.807) is 6.07 Å². The third-order valence-corrected chi connectivity index (χ3v) is 3.44. The van der Waals surface area contributed by atoms with E-state index in [4.69, 9.17) is 9.84 Å². The molecule has 0 aliphatic carbocycles. The molecule has 1 N–H and O–H groups in total. The summed E-state index contributed by atoms with van der Waals surface area (Å²) < 4.78 is 5.90. The second-order valence-electron chi connectivity index (χ2n) is 3.46. The van der Waals surface area contributed by atoms with Gasteiger partial charge in [-0.1, -0.05) is 15.9 Å². The number of halogens is 1. The van der Waals surface area contributed by atoms with Gasteiger partial charge in [-0.05, 0) is 6.07 Å². The number of nitro benzene ring substituents is 1. The topological polar surface area (TPSA) is 89.7 Å². The largest absolute Gasteiger partial charge is 0.477 e. The molecule has 0 atom stereocenters. The Labute approximate surface area is 119 Å². The van der Waals surface area contributed by atoms with E-state index in [0.29, 0.717) is 10.2 Å². The SMILES string of the molecule is O=C(O)c1cc(Oc2cc(Br)cc([N+](=O)[O-])c2)cs1. The Kier molecular flexibility index (Phi) is 3.82. The lowest BCUT2D eigenvalue weighted by molar-refractivity contribution is -0.385. The molecule has 98 valence electrons. The van der Waals surface area contributed by atoms with Crippen LogP contribution in [0.3, 0.4) is 0 Å². The van der Waals surface area contributed by atoms with Crippen molar-refractivity contribution in [3.05, 3.63) is 49.1 Å². The zero-order chi connectivity index (χ0) is 14.0. The van der Waals surface area contributed by atoms with E-state index in [1.807, 2.05) is 0 Å². The number of nitro groups is 1. The fraction of sp³-hybridized carbons (Fsp3) is 0. The van der Waals surface area contributed by atoms with Crippen molar-refractivity contribution in [2.45, 2.75) is 0 Å². The molecule has 2 aromatic rings. The summed E-state index contributed by atoms with van der Waals surface area (Å²) >= 11 is 4.17. The minimum atomic E-state index is -1.04. The number of carboxylic acids is 1. The molecule has 8 heteroatoms. The molecule has 1 aromatic heterocycles. The van der Waals surface area contributed by atoms with Crippen LogP contribution >= 0.6 is 27.3 Å². The predicted molar refractivity (Wildman–Crippen MR) is 72.1 cm³/mol. The van der Waals surface area contributed by atoms with Crippen LogP contribution in [0.1, 0.15) is 9.67 Å². The highest BCUT2D eigenvalue weighted by Gasteiger charge is 2.12. The summed E-state index contributed by atoms with van der Waals surface area (Å²) in [6.07, 6.45) is 0. The lowest BCUT2D eigenvalue weighted by atomic mass is 10.3. The standard InChI is InChI=1S/C11H6BrNO5S/c12-6-1-7(13(16)17)3-8(2-6)18-9-4-10(11(14)15)19-5-9/h1-5H,(H,14,15). The maximum atomic E-state index is 10.7. The predicted octanol–water partition coefficient (Wildman–Crippen LogP) is 3.91. The molecular weight excluding hydrogens is 338 g/mol. The van der Waals surface area contributed by atoms with E-state index in [1.165, 1.54) is 23.6 Å². The summed E-state index contributed by atoms with van der Waals surface area (Å²) in [5, 5.41) is 21.0. The molecular formula is C11H6BrNO5S. The molecule has 0 spiro atoms. The molecule has 2 rings (SSSR count).